The van der Waals surface area contributed by atoms with Crippen molar-refractivity contribution in [3.63, 3.8) is 0 Å². The number of para-hydroxylation sites is 1. The van der Waals surface area contributed by atoms with Gasteiger partial charge in [-0.05, 0) is 71.1 Å². The zero-order valence-corrected chi connectivity index (χ0v) is 17.2. The van der Waals surface area contributed by atoms with Gasteiger partial charge in [-0.15, -0.1) is 0 Å². The van der Waals surface area contributed by atoms with E-state index >= 15 is 0 Å². The standard InChI is InChI=1S/C28H25N/c1-20-10-9-13-22(18-20)29(21-11-5-4-6-12-21)23-16-17-27-25(19-23)24-14-7-8-15-26(24)28(27,2)3/h4-19H,1-3H3. The second-order valence-electron chi connectivity index (χ2n) is 8.41. The van der Waals surface area contributed by atoms with Gasteiger partial charge in [0.05, 0.1) is 0 Å². The molecule has 0 spiro atoms. The van der Waals surface area contributed by atoms with Crippen LogP contribution in [0, 0.1) is 6.92 Å². The second-order valence-corrected chi connectivity index (χ2v) is 8.41. The molecule has 0 saturated carbocycles. The molecule has 0 N–H and O–H groups in total. The quantitative estimate of drug-likeness (QED) is 0.353. The smallest absolute Gasteiger partial charge is 0.0468 e. The molecule has 1 heteroatoms. The predicted molar refractivity (Wildman–Crippen MR) is 123 cm³/mol. The summed E-state index contributed by atoms with van der Waals surface area (Å²) in [5.41, 5.74) is 10.3. The SMILES string of the molecule is Cc1cccc(N(c2ccccc2)c2ccc3c(c2)-c2ccccc2C3(C)C)c1. The van der Waals surface area contributed by atoms with E-state index in [9.17, 15) is 0 Å². The third-order valence-corrected chi connectivity index (χ3v) is 6.10. The van der Waals surface area contributed by atoms with E-state index in [0.29, 0.717) is 0 Å². The number of fused-ring (bicyclic) bond motifs is 3. The average molecular weight is 376 g/mol. The monoisotopic (exact) mass is 375 g/mol. The van der Waals surface area contributed by atoms with Crippen LogP contribution in [0.5, 0.6) is 0 Å². The first-order chi connectivity index (χ1) is 14.1. The minimum atomic E-state index is 0.0331. The third kappa shape index (κ3) is 2.86. The minimum Gasteiger partial charge on any atom is -0.310 e. The fraction of sp³-hybridized carbons (Fsp3) is 0.143. The Morgan fingerprint density at radius 3 is 2.00 bits per heavy atom. The van der Waals surface area contributed by atoms with E-state index in [-0.39, 0.29) is 5.41 Å². The number of hydrogen-bond donors (Lipinski definition) is 0. The van der Waals surface area contributed by atoms with Crippen molar-refractivity contribution in [3.8, 4) is 11.1 Å². The molecule has 0 bridgehead atoms. The van der Waals surface area contributed by atoms with Crippen molar-refractivity contribution in [2.24, 2.45) is 0 Å². The highest BCUT2D eigenvalue weighted by molar-refractivity contribution is 5.86. The maximum Gasteiger partial charge on any atom is 0.0468 e. The second kappa shape index (κ2) is 6.63. The van der Waals surface area contributed by atoms with Gasteiger partial charge in [0.2, 0.25) is 0 Å². The van der Waals surface area contributed by atoms with Gasteiger partial charge in [-0.25, -0.2) is 0 Å². The van der Waals surface area contributed by atoms with Gasteiger partial charge in [-0.2, -0.15) is 0 Å². The summed E-state index contributed by atoms with van der Waals surface area (Å²) in [5, 5.41) is 0. The molecule has 142 valence electrons. The van der Waals surface area contributed by atoms with Gasteiger partial charge in [-0.1, -0.05) is 74.5 Å². The van der Waals surface area contributed by atoms with Crippen LogP contribution in [0.4, 0.5) is 17.1 Å². The molecule has 0 radical (unpaired) electrons. The van der Waals surface area contributed by atoms with Crippen molar-refractivity contribution in [2.75, 3.05) is 4.90 Å². The lowest BCUT2D eigenvalue weighted by atomic mass is 9.82. The molecule has 0 aromatic heterocycles. The molecule has 29 heavy (non-hydrogen) atoms. The van der Waals surface area contributed by atoms with E-state index in [1.807, 2.05) is 0 Å². The van der Waals surface area contributed by atoms with Crippen LogP contribution in [0.2, 0.25) is 0 Å². The molecular formula is C28H25N. The van der Waals surface area contributed by atoms with Crippen LogP contribution in [-0.2, 0) is 5.41 Å². The molecule has 0 heterocycles. The normalized spacial score (nSPS) is 13.6. The summed E-state index contributed by atoms with van der Waals surface area (Å²) in [6.07, 6.45) is 0. The first-order valence-corrected chi connectivity index (χ1v) is 10.2. The van der Waals surface area contributed by atoms with Gasteiger partial charge in [0.25, 0.3) is 0 Å². The molecular weight excluding hydrogens is 350 g/mol. The number of benzene rings is 4. The largest absolute Gasteiger partial charge is 0.310 e. The van der Waals surface area contributed by atoms with Crippen LogP contribution in [0.25, 0.3) is 11.1 Å². The number of aryl methyl sites for hydroxylation is 1. The lowest BCUT2D eigenvalue weighted by Gasteiger charge is -2.27. The fourth-order valence-electron chi connectivity index (χ4n) is 4.64. The molecule has 4 aromatic carbocycles. The molecule has 0 amide bonds. The minimum absolute atomic E-state index is 0.0331. The summed E-state index contributed by atoms with van der Waals surface area (Å²) < 4.78 is 0. The lowest BCUT2D eigenvalue weighted by Crippen LogP contribution is -2.15. The van der Waals surface area contributed by atoms with Crippen LogP contribution in [0.1, 0.15) is 30.5 Å². The van der Waals surface area contributed by atoms with Crippen LogP contribution in [0.15, 0.2) is 97.1 Å². The molecule has 4 aromatic rings. The first-order valence-electron chi connectivity index (χ1n) is 10.2. The highest BCUT2D eigenvalue weighted by Crippen LogP contribution is 2.50. The van der Waals surface area contributed by atoms with Crippen molar-refractivity contribution >= 4 is 17.1 Å². The summed E-state index contributed by atoms with van der Waals surface area (Å²) in [6.45, 7) is 6.80. The highest BCUT2D eigenvalue weighted by atomic mass is 15.1. The van der Waals surface area contributed by atoms with E-state index in [4.69, 9.17) is 0 Å². The van der Waals surface area contributed by atoms with Gasteiger partial charge in [-0.3, -0.25) is 0 Å². The maximum absolute atomic E-state index is 2.36. The van der Waals surface area contributed by atoms with E-state index in [0.717, 1.165) is 0 Å². The Morgan fingerprint density at radius 2 is 1.21 bits per heavy atom. The van der Waals surface area contributed by atoms with Gasteiger partial charge >= 0.3 is 0 Å². The molecule has 0 unspecified atom stereocenters. The van der Waals surface area contributed by atoms with Crippen molar-refractivity contribution in [3.05, 3.63) is 114 Å². The molecule has 1 aliphatic carbocycles. The van der Waals surface area contributed by atoms with Crippen LogP contribution >= 0.6 is 0 Å². The summed E-state index contributed by atoms with van der Waals surface area (Å²) in [5.74, 6) is 0. The number of anilines is 3. The van der Waals surface area contributed by atoms with E-state index < -0.39 is 0 Å². The molecule has 0 atom stereocenters. The third-order valence-electron chi connectivity index (χ3n) is 6.10. The topological polar surface area (TPSA) is 3.24 Å². The van der Waals surface area contributed by atoms with Crippen LogP contribution < -0.4 is 4.90 Å². The molecule has 0 aliphatic heterocycles. The summed E-state index contributed by atoms with van der Waals surface area (Å²) in [6, 6.07) is 35.1. The van der Waals surface area contributed by atoms with E-state index in [1.165, 1.54) is 44.9 Å². The van der Waals surface area contributed by atoms with Crippen molar-refractivity contribution < 1.29 is 0 Å². The lowest BCUT2D eigenvalue weighted by molar-refractivity contribution is 0.660. The number of hydrogen-bond acceptors (Lipinski definition) is 1. The van der Waals surface area contributed by atoms with Crippen LogP contribution in [-0.4, -0.2) is 0 Å². The van der Waals surface area contributed by atoms with Crippen molar-refractivity contribution in [2.45, 2.75) is 26.2 Å². The predicted octanol–water partition coefficient (Wildman–Crippen LogP) is 7.77. The first kappa shape index (κ1) is 17.8. The van der Waals surface area contributed by atoms with Crippen molar-refractivity contribution in [1.82, 2.24) is 0 Å². The maximum atomic E-state index is 2.36. The number of rotatable bonds is 3. The van der Waals surface area contributed by atoms with Crippen molar-refractivity contribution in [1.29, 1.82) is 0 Å². The fourth-order valence-corrected chi connectivity index (χ4v) is 4.64. The molecule has 1 aliphatic rings. The molecule has 0 saturated heterocycles. The Hall–Kier alpha value is -3.32. The Bertz CT molecular complexity index is 1190. The molecule has 1 nitrogen and oxygen atoms in total. The molecule has 5 rings (SSSR count). The Kier molecular flexibility index (Phi) is 4.06. The Balaban J connectivity index is 1.72. The van der Waals surface area contributed by atoms with Gasteiger partial charge in [0, 0.05) is 22.5 Å². The zero-order valence-electron chi connectivity index (χ0n) is 17.2. The number of nitrogens with zero attached hydrogens (tertiary/aromatic N) is 1. The van der Waals surface area contributed by atoms with Gasteiger partial charge in [0.15, 0.2) is 0 Å². The van der Waals surface area contributed by atoms with E-state index in [1.54, 1.807) is 0 Å². The Labute approximate surface area is 173 Å². The van der Waals surface area contributed by atoms with E-state index in [2.05, 4.69) is 123 Å². The summed E-state index contributed by atoms with van der Waals surface area (Å²) >= 11 is 0. The summed E-state index contributed by atoms with van der Waals surface area (Å²) in [4.78, 5) is 2.35. The van der Waals surface area contributed by atoms with Gasteiger partial charge in [0.1, 0.15) is 0 Å². The van der Waals surface area contributed by atoms with Gasteiger partial charge < -0.3 is 4.90 Å². The Morgan fingerprint density at radius 1 is 0.552 bits per heavy atom. The highest BCUT2D eigenvalue weighted by Gasteiger charge is 2.35. The van der Waals surface area contributed by atoms with Crippen LogP contribution in [0.3, 0.4) is 0 Å². The zero-order chi connectivity index (χ0) is 20.0. The average Bonchev–Trinajstić information content (AvgIpc) is 2.97. The summed E-state index contributed by atoms with van der Waals surface area (Å²) in [7, 11) is 0. The molecule has 0 fully saturated rings.